The monoisotopic (exact) mass is 617 g/mol. The van der Waals surface area contributed by atoms with Crippen molar-refractivity contribution in [3.63, 3.8) is 0 Å². The molecule has 0 unspecified atom stereocenters. The van der Waals surface area contributed by atoms with Crippen molar-refractivity contribution < 1.29 is 9.52 Å². The summed E-state index contributed by atoms with van der Waals surface area (Å²) in [7, 11) is 0. The number of phenolic OH excluding ortho intramolecular Hbond substituents is 1. The van der Waals surface area contributed by atoms with Gasteiger partial charge in [0.25, 0.3) is 0 Å². The van der Waals surface area contributed by atoms with E-state index >= 15 is 0 Å². The van der Waals surface area contributed by atoms with E-state index < -0.39 is 0 Å². The second-order valence-electron chi connectivity index (χ2n) is 11.8. The molecule has 2 aromatic heterocycles. The van der Waals surface area contributed by atoms with Gasteiger partial charge in [0.2, 0.25) is 0 Å². The lowest BCUT2D eigenvalue weighted by molar-refractivity contribution is 0.477. The summed E-state index contributed by atoms with van der Waals surface area (Å²) in [6.45, 7) is 0. The number of para-hydroxylation sites is 1. The molecule has 5 nitrogen and oxygen atoms in total. The third-order valence-electron chi connectivity index (χ3n) is 8.82. The summed E-state index contributed by atoms with van der Waals surface area (Å²) in [6.07, 6.45) is 0. The molecule has 9 aromatic rings. The minimum absolute atomic E-state index is 0.148. The number of fused-ring (bicyclic) bond motifs is 4. The van der Waals surface area contributed by atoms with Crippen molar-refractivity contribution in [3.8, 4) is 62.2 Å². The van der Waals surface area contributed by atoms with E-state index in [9.17, 15) is 5.11 Å². The van der Waals surface area contributed by atoms with Crippen molar-refractivity contribution in [1.82, 2.24) is 15.0 Å². The van der Waals surface area contributed by atoms with E-state index in [-0.39, 0.29) is 5.75 Å². The van der Waals surface area contributed by atoms with Crippen LogP contribution >= 0.6 is 0 Å². The zero-order valence-corrected chi connectivity index (χ0v) is 25.7. The van der Waals surface area contributed by atoms with Crippen LogP contribution in [0.1, 0.15) is 0 Å². The van der Waals surface area contributed by atoms with Crippen LogP contribution in [0.3, 0.4) is 0 Å². The Morgan fingerprint density at radius 2 is 1.04 bits per heavy atom. The molecular formula is C43H27N3O2. The van der Waals surface area contributed by atoms with E-state index in [1.165, 1.54) is 0 Å². The number of hydrogen-bond acceptors (Lipinski definition) is 5. The van der Waals surface area contributed by atoms with Gasteiger partial charge in [0.1, 0.15) is 16.9 Å². The van der Waals surface area contributed by atoms with Crippen LogP contribution in [0.2, 0.25) is 0 Å². The quantitative estimate of drug-likeness (QED) is 0.208. The summed E-state index contributed by atoms with van der Waals surface area (Å²) >= 11 is 0. The molecule has 7 aromatic carbocycles. The van der Waals surface area contributed by atoms with Crippen molar-refractivity contribution in [2.75, 3.05) is 0 Å². The van der Waals surface area contributed by atoms with E-state index in [0.29, 0.717) is 28.6 Å². The largest absolute Gasteiger partial charge is 0.507 e. The molecule has 226 valence electrons. The summed E-state index contributed by atoms with van der Waals surface area (Å²) in [5.41, 5.74) is 7.79. The lowest BCUT2D eigenvalue weighted by atomic mass is 9.94. The zero-order chi connectivity index (χ0) is 32.0. The van der Waals surface area contributed by atoms with Crippen molar-refractivity contribution in [3.05, 3.63) is 158 Å². The minimum atomic E-state index is 0.148. The standard InChI is InChI=1S/C43H27N3O2/c47-37-18-9-17-35(40(37)32-15-8-14-30(24-32)31-22-23-39-36(26-31)34-16-6-7-19-38(34)48-39)43-45-41(28-11-2-1-3-12-28)44-42(46-43)33-21-20-27-10-4-5-13-29(27)25-33/h1-26,47H. The zero-order valence-electron chi connectivity index (χ0n) is 25.7. The van der Waals surface area contributed by atoms with Crippen LogP contribution in [0.15, 0.2) is 162 Å². The number of hydrogen-bond donors (Lipinski definition) is 1. The van der Waals surface area contributed by atoms with Crippen LogP contribution < -0.4 is 0 Å². The molecule has 0 spiro atoms. The Balaban J connectivity index is 1.20. The highest BCUT2D eigenvalue weighted by molar-refractivity contribution is 6.06. The molecule has 0 radical (unpaired) electrons. The number of phenols is 1. The van der Waals surface area contributed by atoms with E-state index in [1.54, 1.807) is 6.07 Å². The van der Waals surface area contributed by atoms with Gasteiger partial charge in [-0.1, -0.05) is 121 Å². The first-order valence-corrected chi connectivity index (χ1v) is 15.8. The van der Waals surface area contributed by atoms with Crippen molar-refractivity contribution in [2.24, 2.45) is 0 Å². The SMILES string of the molecule is Oc1cccc(-c2nc(-c3ccccc3)nc(-c3ccc4ccccc4c3)n2)c1-c1cccc(-c2ccc3oc4ccccc4c3c2)c1. The van der Waals surface area contributed by atoms with Gasteiger partial charge in [-0.3, -0.25) is 0 Å². The number of aromatic nitrogens is 3. The third kappa shape index (κ3) is 4.86. The van der Waals surface area contributed by atoms with E-state index in [2.05, 4.69) is 54.6 Å². The molecule has 0 saturated carbocycles. The molecule has 0 aliphatic rings. The topological polar surface area (TPSA) is 72.0 Å². The van der Waals surface area contributed by atoms with Crippen molar-refractivity contribution in [1.29, 1.82) is 0 Å². The molecule has 0 bridgehead atoms. The highest BCUT2D eigenvalue weighted by atomic mass is 16.3. The van der Waals surface area contributed by atoms with Crippen molar-refractivity contribution in [2.45, 2.75) is 0 Å². The summed E-state index contributed by atoms with van der Waals surface area (Å²) in [5.74, 6) is 1.75. The lowest BCUT2D eigenvalue weighted by Gasteiger charge is -2.14. The predicted molar refractivity (Wildman–Crippen MR) is 193 cm³/mol. The fraction of sp³-hybridized carbons (Fsp3) is 0. The minimum Gasteiger partial charge on any atom is -0.507 e. The molecule has 2 heterocycles. The second-order valence-corrected chi connectivity index (χ2v) is 11.8. The van der Waals surface area contributed by atoms with E-state index in [0.717, 1.165) is 60.5 Å². The second kappa shape index (κ2) is 11.3. The molecule has 0 aliphatic heterocycles. The Kier molecular flexibility index (Phi) is 6.54. The number of rotatable bonds is 5. The maximum atomic E-state index is 11.4. The van der Waals surface area contributed by atoms with Crippen molar-refractivity contribution >= 4 is 32.7 Å². The first kappa shape index (κ1) is 27.7. The molecule has 9 rings (SSSR count). The number of aromatic hydroxyl groups is 1. The van der Waals surface area contributed by atoms with Gasteiger partial charge < -0.3 is 9.52 Å². The normalized spacial score (nSPS) is 11.4. The molecular weight excluding hydrogens is 590 g/mol. The summed E-state index contributed by atoms with van der Waals surface area (Å²) < 4.78 is 6.07. The average Bonchev–Trinajstić information content (AvgIpc) is 3.53. The van der Waals surface area contributed by atoms with Crippen LogP contribution in [-0.4, -0.2) is 20.1 Å². The summed E-state index contributed by atoms with van der Waals surface area (Å²) in [6, 6.07) is 52.5. The number of benzene rings is 7. The summed E-state index contributed by atoms with van der Waals surface area (Å²) in [4.78, 5) is 14.9. The Labute approximate surface area is 276 Å². The van der Waals surface area contributed by atoms with E-state index in [1.807, 2.05) is 97.1 Å². The number of furan rings is 1. The fourth-order valence-electron chi connectivity index (χ4n) is 6.46. The molecule has 48 heavy (non-hydrogen) atoms. The maximum absolute atomic E-state index is 11.4. The van der Waals surface area contributed by atoms with Crippen LogP contribution in [0.4, 0.5) is 0 Å². The Bertz CT molecular complexity index is 2640. The highest BCUT2D eigenvalue weighted by Gasteiger charge is 2.19. The Hall–Kier alpha value is -6.59. The van der Waals surface area contributed by atoms with Gasteiger partial charge in [-0.2, -0.15) is 0 Å². The first-order chi connectivity index (χ1) is 23.7. The molecule has 0 saturated heterocycles. The fourth-order valence-corrected chi connectivity index (χ4v) is 6.46. The molecule has 5 heteroatoms. The first-order valence-electron chi connectivity index (χ1n) is 15.8. The smallest absolute Gasteiger partial charge is 0.164 e. The lowest BCUT2D eigenvalue weighted by Crippen LogP contribution is -2.01. The maximum Gasteiger partial charge on any atom is 0.164 e. The van der Waals surface area contributed by atoms with Crippen LogP contribution in [0, 0.1) is 0 Å². The predicted octanol–water partition coefficient (Wildman–Crippen LogP) is 11.0. The molecule has 0 aliphatic carbocycles. The van der Waals surface area contributed by atoms with Gasteiger partial charge in [-0.15, -0.1) is 0 Å². The van der Waals surface area contributed by atoms with Crippen LogP contribution in [-0.2, 0) is 0 Å². The molecule has 0 atom stereocenters. The van der Waals surface area contributed by atoms with Crippen LogP contribution in [0.25, 0.3) is 89.1 Å². The third-order valence-corrected chi connectivity index (χ3v) is 8.82. The van der Waals surface area contributed by atoms with Gasteiger partial charge >= 0.3 is 0 Å². The summed E-state index contributed by atoms with van der Waals surface area (Å²) in [5, 5.41) is 15.8. The Morgan fingerprint density at radius 1 is 0.396 bits per heavy atom. The van der Waals surface area contributed by atoms with E-state index in [4.69, 9.17) is 19.4 Å². The molecule has 0 amide bonds. The van der Waals surface area contributed by atoms with Gasteiger partial charge in [0.05, 0.1) is 0 Å². The van der Waals surface area contributed by atoms with Gasteiger partial charge in [0.15, 0.2) is 17.5 Å². The number of nitrogens with zero attached hydrogens (tertiary/aromatic N) is 3. The highest BCUT2D eigenvalue weighted by Crippen LogP contribution is 2.40. The Morgan fingerprint density at radius 3 is 1.94 bits per heavy atom. The average molecular weight is 618 g/mol. The van der Waals surface area contributed by atoms with Gasteiger partial charge in [-0.25, -0.2) is 15.0 Å². The van der Waals surface area contributed by atoms with Gasteiger partial charge in [-0.05, 0) is 63.9 Å². The molecule has 1 N–H and O–H groups in total. The molecule has 0 fully saturated rings. The van der Waals surface area contributed by atoms with Gasteiger partial charge in [0, 0.05) is 33.0 Å². The van der Waals surface area contributed by atoms with Crippen LogP contribution in [0.5, 0.6) is 5.75 Å².